The van der Waals surface area contributed by atoms with Gasteiger partial charge in [-0.15, -0.1) is 11.3 Å². The maximum atomic E-state index is 15.2. The number of aromatic nitrogens is 4. The molecule has 4 aromatic rings. The van der Waals surface area contributed by atoms with Crippen LogP contribution in [-0.2, 0) is 21.6 Å². The minimum absolute atomic E-state index is 0.0497. The quantitative estimate of drug-likeness (QED) is 0.159. The van der Waals surface area contributed by atoms with Gasteiger partial charge in [0.25, 0.3) is 0 Å². The molecule has 4 rings (SSSR count). The molecule has 7 nitrogen and oxygen atoms in total. The van der Waals surface area contributed by atoms with Gasteiger partial charge in [-0.1, -0.05) is 36.7 Å². The molecular formula is C24H20ClF2N5O2S. The minimum atomic E-state index is -1.39. The lowest BCUT2D eigenvalue weighted by molar-refractivity contribution is -0.159. The number of thiazole rings is 1. The van der Waals surface area contributed by atoms with Crippen LogP contribution in [0.5, 0.6) is 0 Å². The smallest absolute Gasteiger partial charge is 0.149 e. The molecule has 0 N–H and O–H groups in total. The van der Waals surface area contributed by atoms with Gasteiger partial charge in [-0.05, 0) is 18.2 Å². The van der Waals surface area contributed by atoms with Crippen molar-refractivity contribution in [3.8, 4) is 17.3 Å². The highest BCUT2D eigenvalue weighted by Gasteiger charge is 2.44. The summed E-state index contributed by atoms with van der Waals surface area (Å²) in [5.74, 6) is -2.00. The van der Waals surface area contributed by atoms with Gasteiger partial charge in [0.15, 0.2) is 0 Å². The van der Waals surface area contributed by atoms with Crippen molar-refractivity contribution < 1.29 is 18.3 Å². The summed E-state index contributed by atoms with van der Waals surface area (Å²) < 4.78 is 42.0. The van der Waals surface area contributed by atoms with Crippen molar-refractivity contribution in [3.05, 3.63) is 88.3 Å². The van der Waals surface area contributed by atoms with E-state index >= 15 is 4.39 Å². The topological polar surface area (TPSA) is 85.9 Å². The molecule has 0 aliphatic heterocycles. The fourth-order valence-corrected chi connectivity index (χ4v) is 4.83. The third kappa shape index (κ3) is 5.39. The first kappa shape index (κ1) is 24.9. The Morgan fingerprint density at radius 2 is 2.03 bits per heavy atom. The van der Waals surface area contributed by atoms with E-state index in [0.29, 0.717) is 16.3 Å². The van der Waals surface area contributed by atoms with E-state index in [9.17, 15) is 4.39 Å². The monoisotopic (exact) mass is 515 g/mol. The number of nitriles is 1. The fourth-order valence-electron chi connectivity index (χ4n) is 3.80. The average molecular weight is 516 g/mol. The van der Waals surface area contributed by atoms with Crippen molar-refractivity contribution in [3.63, 3.8) is 0 Å². The first-order valence-electron chi connectivity index (χ1n) is 10.5. The molecule has 2 heterocycles. The highest BCUT2D eigenvalue weighted by atomic mass is 35.5. The molecule has 2 atom stereocenters. The van der Waals surface area contributed by atoms with Crippen molar-refractivity contribution >= 4 is 22.9 Å². The van der Waals surface area contributed by atoms with Crippen LogP contribution in [0.1, 0.15) is 29.0 Å². The van der Waals surface area contributed by atoms with Crippen molar-refractivity contribution in [1.29, 1.82) is 5.26 Å². The van der Waals surface area contributed by atoms with Gasteiger partial charge in [0, 0.05) is 28.5 Å². The Morgan fingerprint density at radius 3 is 2.69 bits per heavy atom. The van der Waals surface area contributed by atoms with Crippen LogP contribution < -0.4 is 0 Å². The summed E-state index contributed by atoms with van der Waals surface area (Å²) in [5, 5.41) is 15.7. The lowest BCUT2D eigenvalue weighted by atomic mass is 9.81. The van der Waals surface area contributed by atoms with Gasteiger partial charge in [-0.3, -0.25) is 0 Å². The van der Waals surface area contributed by atoms with Crippen LogP contribution in [0.15, 0.2) is 60.5 Å². The molecule has 0 aliphatic carbocycles. The number of halogens is 3. The van der Waals surface area contributed by atoms with E-state index in [1.54, 1.807) is 12.1 Å². The molecule has 2 aromatic heterocycles. The van der Waals surface area contributed by atoms with Crippen LogP contribution in [-0.4, -0.2) is 32.6 Å². The molecule has 0 amide bonds. The summed E-state index contributed by atoms with van der Waals surface area (Å²) in [5.41, 5.74) is 0.809. The largest absolute Gasteiger partial charge is 0.341 e. The fraction of sp³-hybridized carbons (Fsp3) is 0.250. The molecule has 0 saturated heterocycles. The summed E-state index contributed by atoms with van der Waals surface area (Å²) in [6, 6.07) is 12.4. The highest BCUT2D eigenvalue weighted by molar-refractivity contribution is 7.10. The zero-order chi connectivity index (χ0) is 24.8. The van der Waals surface area contributed by atoms with Gasteiger partial charge < -0.3 is 9.47 Å². The van der Waals surface area contributed by atoms with Crippen LogP contribution in [0, 0.1) is 23.0 Å². The number of nitrogens with zero attached hydrogens (tertiary/aromatic N) is 5. The second kappa shape index (κ2) is 11.0. The number of benzene rings is 2. The van der Waals surface area contributed by atoms with Crippen LogP contribution in [0.2, 0.25) is 0 Å². The van der Waals surface area contributed by atoms with Crippen LogP contribution >= 0.6 is 22.9 Å². The second-order valence-electron chi connectivity index (χ2n) is 7.66. The van der Waals surface area contributed by atoms with Crippen LogP contribution in [0.3, 0.4) is 0 Å². The van der Waals surface area contributed by atoms with E-state index in [-0.39, 0.29) is 25.0 Å². The normalized spacial score (nSPS) is 13.8. The Bertz CT molecular complexity index is 1310. The molecule has 0 radical (unpaired) electrons. The maximum Gasteiger partial charge on any atom is 0.149 e. The Hall–Kier alpha value is -3.23. The standard InChI is InChI=1S/C24H20ClF2N5O2S/c1-16(23-31-22(10-35-23)18-4-2-17(9-28)3-5-18)24(34-15-33-12-25,11-32-14-29-13-30-32)20-7-6-19(26)8-21(20)27/h2-8,10,13-14,16H,11-12,15H2,1H3/t16-,24+/m0/s1. The number of hydrogen-bond donors (Lipinski definition) is 0. The van der Waals surface area contributed by atoms with Crippen molar-refractivity contribution in [1.82, 2.24) is 19.7 Å². The van der Waals surface area contributed by atoms with E-state index in [2.05, 4.69) is 16.2 Å². The third-order valence-corrected chi connectivity index (χ3v) is 6.81. The van der Waals surface area contributed by atoms with Crippen molar-refractivity contribution in [2.24, 2.45) is 0 Å². The first-order chi connectivity index (χ1) is 17.0. The van der Waals surface area contributed by atoms with Gasteiger partial charge in [0.1, 0.15) is 42.7 Å². The SMILES string of the molecule is C[C@@H](c1nc(-c2ccc(C#N)cc2)cs1)[C@@](Cn1cncn1)(OCOCCl)c1ccc(F)cc1F. The average Bonchev–Trinajstić information content (AvgIpc) is 3.56. The summed E-state index contributed by atoms with van der Waals surface area (Å²) in [4.78, 5) is 8.76. The Kier molecular flexibility index (Phi) is 7.83. The predicted octanol–water partition coefficient (Wildman–Crippen LogP) is 5.44. The molecule has 0 unspecified atom stereocenters. The van der Waals surface area contributed by atoms with Crippen molar-refractivity contribution in [2.45, 2.75) is 25.0 Å². The maximum absolute atomic E-state index is 15.2. The molecule has 0 bridgehead atoms. The Balaban J connectivity index is 1.79. The van der Waals surface area contributed by atoms with Crippen LogP contribution in [0.25, 0.3) is 11.3 Å². The molecule has 0 saturated carbocycles. The number of rotatable bonds is 10. The molecule has 0 spiro atoms. The minimum Gasteiger partial charge on any atom is -0.341 e. The summed E-state index contributed by atoms with van der Waals surface area (Å²) in [6.07, 6.45) is 2.84. The summed E-state index contributed by atoms with van der Waals surface area (Å²) >= 11 is 7.06. The van der Waals surface area contributed by atoms with E-state index in [1.165, 1.54) is 40.8 Å². The van der Waals surface area contributed by atoms with E-state index < -0.39 is 23.2 Å². The van der Waals surface area contributed by atoms with Gasteiger partial charge in [0.05, 0.1) is 28.9 Å². The predicted molar refractivity (Wildman–Crippen MR) is 126 cm³/mol. The zero-order valence-electron chi connectivity index (χ0n) is 18.6. The van der Waals surface area contributed by atoms with Gasteiger partial charge >= 0.3 is 0 Å². The molecule has 11 heteroatoms. The number of alkyl halides is 1. The Labute approximate surface area is 209 Å². The van der Waals surface area contributed by atoms with E-state index in [4.69, 9.17) is 31.3 Å². The van der Waals surface area contributed by atoms with E-state index in [1.807, 2.05) is 24.4 Å². The highest BCUT2D eigenvalue weighted by Crippen LogP contribution is 2.44. The molecule has 0 fully saturated rings. The molecular weight excluding hydrogens is 496 g/mol. The van der Waals surface area contributed by atoms with Gasteiger partial charge in [-0.25, -0.2) is 23.4 Å². The van der Waals surface area contributed by atoms with Gasteiger partial charge in [0.2, 0.25) is 0 Å². The zero-order valence-corrected chi connectivity index (χ0v) is 20.1. The van der Waals surface area contributed by atoms with Crippen molar-refractivity contribution in [2.75, 3.05) is 12.9 Å². The first-order valence-corrected chi connectivity index (χ1v) is 11.9. The second-order valence-corrected chi connectivity index (χ2v) is 8.77. The Morgan fingerprint density at radius 1 is 1.23 bits per heavy atom. The van der Waals surface area contributed by atoms with Crippen LogP contribution in [0.4, 0.5) is 8.78 Å². The molecule has 2 aromatic carbocycles. The lowest BCUT2D eigenvalue weighted by Crippen LogP contribution is -2.41. The lowest BCUT2D eigenvalue weighted by Gasteiger charge is -2.38. The van der Waals surface area contributed by atoms with Gasteiger partial charge in [-0.2, -0.15) is 10.4 Å². The summed E-state index contributed by atoms with van der Waals surface area (Å²) in [7, 11) is 0. The van der Waals surface area contributed by atoms with E-state index in [0.717, 1.165) is 11.6 Å². The number of ether oxygens (including phenoxy) is 2. The summed E-state index contributed by atoms with van der Waals surface area (Å²) in [6.45, 7) is 1.66. The molecule has 0 aliphatic rings. The molecule has 180 valence electrons. The molecule has 35 heavy (non-hydrogen) atoms. The number of hydrogen-bond acceptors (Lipinski definition) is 7. The third-order valence-electron chi connectivity index (χ3n) is 5.63.